The van der Waals surface area contributed by atoms with Gasteiger partial charge in [0.1, 0.15) is 5.01 Å². The van der Waals surface area contributed by atoms with Crippen LogP contribution in [0.4, 0.5) is 5.13 Å². The Morgan fingerprint density at radius 1 is 1.20 bits per heavy atom. The molecular formula is C13H17N3O3S. The molecule has 108 valence electrons. The highest BCUT2D eigenvalue weighted by Crippen LogP contribution is 2.37. The molecule has 0 aliphatic heterocycles. The molecule has 0 saturated carbocycles. The van der Waals surface area contributed by atoms with Crippen molar-refractivity contribution in [3.63, 3.8) is 0 Å². The average molecular weight is 295 g/mol. The highest BCUT2D eigenvalue weighted by molar-refractivity contribution is 7.15. The Kier molecular flexibility index (Phi) is 4.62. The molecule has 20 heavy (non-hydrogen) atoms. The monoisotopic (exact) mass is 295 g/mol. The number of phenols is 1. The second-order valence-electron chi connectivity index (χ2n) is 4.06. The summed E-state index contributed by atoms with van der Waals surface area (Å²) in [6.07, 6.45) is 0.875. The van der Waals surface area contributed by atoms with Crippen molar-refractivity contribution in [3.05, 3.63) is 22.7 Å². The van der Waals surface area contributed by atoms with Crippen molar-refractivity contribution in [2.75, 3.05) is 19.5 Å². The summed E-state index contributed by atoms with van der Waals surface area (Å²) < 4.78 is 10.2. The van der Waals surface area contributed by atoms with E-state index < -0.39 is 0 Å². The van der Waals surface area contributed by atoms with Crippen molar-refractivity contribution in [3.8, 4) is 17.2 Å². The Morgan fingerprint density at radius 3 is 2.35 bits per heavy atom. The fourth-order valence-corrected chi connectivity index (χ4v) is 2.37. The molecular weight excluding hydrogens is 278 g/mol. The maximum absolute atomic E-state index is 9.84. The molecule has 0 aliphatic carbocycles. The lowest BCUT2D eigenvalue weighted by Crippen LogP contribution is -2.00. The molecule has 1 aromatic heterocycles. The van der Waals surface area contributed by atoms with Crippen LogP contribution in [0, 0.1) is 0 Å². The first-order valence-electron chi connectivity index (χ1n) is 6.18. The van der Waals surface area contributed by atoms with Gasteiger partial charge in [0.15, 0.2) is 11.5 Å². The van der Waals surface area contributed by atoms with E-state index in [9.17, 15) is 5.11 Å². The standard InChI is InChI=1S/C13H17N3O3S/c1-4-11-15-16-13(20-11)14-7-8-5-9(18-2)12(17)10(6-8)19-3/h5-6,17H,4,7H2,1-3H3,(H,14,16). The SMILES string of the molecule is CCc1nnc(NCc2cc(OC)c(O)c(OC)c2)s1. The minimum atomic E-state index is 0.00272. The molecule has 0 radical (unpaired) electrons. The maximum atomic E-state index is 9.84. The predicted molar refractivity (Wildman–Crippen MR) is 77.8 cm³/mol. The van der Waals surface area contributed by atoms with E-state index in [1.165, 1.54) is 25.6 Å². The molecule has 0 fully saturated rings. The quantitative estimate of drug-likeness (QED) is 0.852. The molecule has 1 heterocycles. The molecule has 0 bridgehead atoms. The van der Waals surface area contributed by atoms with Gasteiger partial charge in [-0.05, 0) is 24.1 Å². The summed E-state index contributed by atoms with van der Waals surface area (Å²) in [4.78, 5) is 0. The Labute approximate surface area is 121 Å². The third-order valence-electron chi connectivity index (χ3n) is 2.75. The van der Waals surface area contributed by atoms with Crippen LogP contribution in [0.25, 0.3) is 0 Å². The number of anilines is 1. The van der Waals surface area contributed by atoms with Gasteiger partial charge in [-0.2, -0.15) is 0 Å². The van der Waals surface area contributed by atoms with E-state index in [-0.39, 0.29) is 5.75 Å². The van der Waals surface area contributed by atoms with Crippen LogP contribution in [-0.2, 0) is 13.0 Å². The number of hydrogen-bond donors (Lipinski definition) is 2. The number of rotatable bonds is 6. The van der Waals surface area contributed by atoms with Crippen molar-refractivity contribution in [1.29, 1.82) is 0 Å². The van der Waals surface area contributed by atoms with Crippen LogP contribution in [0.1, 0.15) is 17.5 Å². The van der Waals surface area contributed by atoms with Gasteiger partial charge in [-0.15, -0.1) is 10.2 Å². The molecule has 0 unspecified atom stereocenters. The van der Waals surface area contributed by atoms with E-state index in [1.54, 1.807) is 12.1 Å². The van der Waals surface area contributed by atoms with Gasteiger partial charge in [0, 0.05) is 6.54 Å². The Hall–Kier alpha value is -2.02. The zero-order chi connectivity index (χ0) is 14.5. The van der Waals surface area contributed by atoms with Crippen LogP contribution in [0.15, 0.2) is 12.1 Å². The van der Waals surface area contributed by atoms with Gasteiger partial charge in [-0.3, -0.25) is 0 Å². The molecule has 1 aromatic carbocycles. The summed E-state index contributed by atoms with van der Waals surface area (Å²) in [5.41, 5.74) is 0.921. The lowest BCUT2D eigenvalue weighted by atomic mass is 10.2. The molecule has 0 aliphatic rings. The summed E-state index contributed by atoms with van der Waals surface area (Å²) in [6, 6.07) is 3.51. The van der Waals surface area contributed by atoms with Crippen LogP contribution in [-0.4, -0.2) is 29.5 Å². The fraction of sp³-hybridized carbons (Fsp3) is 0.385. The summed E-state index contributed by atoms with van der Waals surface area (Å²) in [7, 11) is 3.01. The number of nitrogens with one attached hydrogen (secondary N) is 1. The Bertz CT molecular complexity index is 561. The molecule has 6 nitrogen and oxygen atoms in total. The number of ether oxygens (including phenoxy) is 2. The zero-order valence-corrected chi connectivity index (χ0v) is 12.5. The van der Waals surface area contributed by atoms with E-state index in [2.05, 4.69) is 15.5 Å². The minimum absolute atomic E-state index is 0.00272. The lowest BCUT2D eigenvalue weighted by molar-refractivity contribution is 0.339. The first-order valence-corrected chi connectivity index (χ1v) is 6.99. The van der Waals surface area contributed by atoms with E-state index in [0.717, 1.165) is 22.1 Å². The summed E-state index contributed by atoms with van der Waals surface area (Å²) in [5.74, 6) is 0.767. The van der Waals surface area contributed by atoms with Gasteiger partial charge < -0.3 is 19.9 Å². The van der Waals surface area contributed by atoms with Gasteiger partial charge >= 0.3 is 0 Å². The first kappa shape index (κ1) is 14.4. The predicted octanol–water partition coefficient (Wildman–Crippen LogP) is 2.44. The summed E-state index contributed by atoms with van der Waals surface area (Å²) in [5, 5.41) is 22.9. The average Bonchev–Trinajstić information content (AvgIpc) is 2.94. The van der Waals surface area contributed by atoms with Crippen molar-refractivity contribution < 1.29 is 14.6 Å². The van der Waals surface area contributed by atoms with Crippen LogP contribution in [0.2, 0.25) is 0 Å². The van der Waals surface area contributed by atoms with Gasteiger partial charge in [-0.1, -0.05) is 18.3 Å². The molecule has 2 aromatic rings. The largest absolute Gasteiger partial charge is 0.502 e. The van der Waals surface area contributed by atoms with Crippen LogP contribution in [0.5, 0.6) is 17.2 Å². The lowest BCUT2D eigenvalue weighted by Gasteiger charge is -2.11. The number of nitrogens with zero attached hydrogens (tertiary/aromatic N) is 2. The second kappa shape index (κ2) is 6.42. The molecule has 2 rings (SSSR count). The normalized spacial score (nSPS) is 10.3. The fourth-order valence-electron chi connectivity index (χ4n) is 1.70. The Morgan fingerprint density at radius 2 is 1.85 bits per heavy atom. The number of benzene rings is 1. The third-order valence-corrected chi connectivity index (χ3v) is 3.78. The van der Waals surface area contributed by atoms with Crippen LogP contribution in [0.3, 0.4) is 0 Å². The topological polar surface area (TPSA) is 76.5 Å². The van der Waals surface area contributed by atoms with E-state index in [0.29, 0.717) is 18.0 Å². The van der Waals surface area contributed by atoms with Crippen LogP contribution >= 0.6 is 11.3 Å². The molecule has 0 atom stereocenters. The van der Waals surface area contributed by atoms with Gasteiger partial charge in [0.05, 0.1) is 14.2 Å². The number of hydrogen-bond acceptors (Lipinski definition) is 7. The van der Waals surface area contributed by atoms with Gasteiger partial charge in [-0.25, -0.2) is 0 Å². The van der Waals surface area contributed by atoms with Gasteiger partial charge in [0.25, 0.3) is 0 Å². The third kappa shape index (κ3) is 3.11. The van der Waals surface area contributed by atoms with E-state index in [4.69, 9.17) is 9.47 Å². The molecule has 0 saturated heterocycles. The van der Waals surface area contributed by atoms with Crippen molar-refractivity contribution >= 4 is 16.5 Å². The van der Waals surface area contributed by atoms with E-state index >= 15 is 0 Å². The highest BCUT2D eigenvalue weighted by atomic mass is 32.1. The van der Waals surface area contributed by atoms with Crippen molar-refractivity contribution in [2.24, 2.45) is 0 Å². The first-order chi connectivity index (χ1) is 9.67. The second-order valence-corrected chi connectivity index (χ2v) is 5.12. The molecule has 0 amide bonds. The highest BCUT2D eigenvalue weighted by Gasteiger charge is 2.11. The van der Waals surface area contributed by atoms with Crippen LogP contribution < -0.4 is 14.8 Å². The smallest absolute Gasteiger partial charge is 0.205 e. The van der Waals surface area contributed by atoms with Gasteiger partial charge in [0.2, 0.25) is 10.9 Å². The zero-order valence-electron chi connectivity index (χ0n) is 11.6. The van der Waals surface area contributed by atoms with Crippen molar-refractivity contribution in [1.82, 2.24) is 10.2 Å². The summed E-state index contributed by atoms with van der Waals surface area (Å²) in [6.45, 7) is 2.59. The van der Waals surface area contributed by atoms with E-state index in [1.807, 2.05) is 6.92 Å². The molecule has 0 spiro atoms. The van der Waals surface area contributed by atoms with Crippen molar-refractivity contribution in [2.45, 2.75) is 19.9 Å². The number of aromatic nitrogens is 2. The molecule has 2 N–H and O–H groups in total. The number of aromatic hydroxyl groups is 1. The number of methoxy groups -OCH3 is 2. The number of phenolic OH excluding ortho intramolecular Hbond substituents is 1. The molecule has 7 heteroatoms. The Balaban J connectivity index is 2.12. The summed E-state index contributed by atoms with van der Waals surface area (Å²) >= 11 is 1.53. The maximum Gasteiger partial charge on any atom is 0.205 e. The minimum Gasteiger partial charge on any atom is -0.502 e. The number of aryl methyl sites for hydroxylation is 1.